The Labute approximate surface area is 193 Å². The fraction of sp³-hybridized carbons (Fsp3) is 0.103. The second kappa shape index (κ2) is 5.41. The van der Waals surface area contributed by atoms with Crippen molar-refractivity contribution in [2.45, 2.75) is 19.3 Å². The van der Waals surface area contributed by atoms with Crippen LogP contribution in [0.4, 0.5) is 0 Å². The Kier molecular flexibility index (Phi) is 2.91. The second-order valence-electron chi connectivity index (χ2n) is 9.78. The number of phenols is 2. The fourth-order valence-electron chi connectivity index (χ4n) is 6.23. The molecule has 158 valence electrons. The van der Waals surface area contributed by atoms with Crippen molar-refractivity contribution in [2.24, 2.45) is 0 Å². The zero-order chi connectivity index (χ0) is 22.2. The van der Waals surface area contributed by atoms with Crippen LogP contribution in [0.25, 0.3) is 58.5 Å². The summed E-state index contributed by atoms with van der Waals surface area (Å²) in [7, 11) is 0. The number of para-hydroxylation sites is 1. The molecule has 0 unspecified atom stereocenters. The number of phenolic OH excluding ortho intramolecular Hbond substituents is 2. The zero-order valence-corrected chi connectivity index (χ0v) is 18.9. The molecule has 0 fully saturated rings. The average molecular weight is 446 g/mol. The Hall–Kier alpha value is -3.76. The van der Waals surface area contributed by atoms with Crippen molar-refractivity contribution < 1.29 is 10.2 Å². The minimum absolute atomic E-state index is 0.228. The van der Waals surface area contributed by atoms with Crippen LogP contribution in [0.15, 0.2) is 66.7 Å². The molecular formula is C29H19NO2S. The summed E-state index contributed by atoms with van der Waals surface area (Å²) >= 11 is 1.82. The van der Waals surface area contributed by atoms with Crippen molar-refractivity contribution in [3.63, 3.8) is 0 Å². The minimum atomic E-state index is -0.228. The predicted molar refractivity (Wildman–Crippen MR) is 137 cm³/mol. The monoisotopic (exact) mass is 445 g/mol. The van der Waals surface area contributed by atoms with Gasteiger partial charge in [-0.3, -0.25) is 0 Å². The van der Waals surface area contributed by atoms with Crippen molar-refractivity contribution in [1.82, 2.24) is 4.40 Å². The van der Waals surface area contributed by atoms with E-state index in [-0.39, 0.29) is 5.41 Å². The van der Waals surface area contributed by atoms with Crippen LogP contribution in [0.1, 0.15) is 25.1 Å². The van der Waals surface area contributed by atoms with Crippen molar-refractivity contribution >= 4 is 58.7 Å². The maximum Gasteiger partial charge on any atom is 0.116 e. The Morgan fingerprint density at radius 2 is 1.58 bits per heavy atom. The van der Waals surface area contributed by atoms with E-state index >= 15 is 0 Å². The average Bonchev–Trinajstić information content (AvgIpc) is 3.47. The van der Waals surface area contributed by atoms with Gasteiger partial charge < -0.3 is 14.6 Å². The molecule has 3 aromatic heterocycles. The molecule has 0 amide bonds. The molecule has 8 rings (SSSR count). The molecule has 1 aliphatic carbocycles. The Balaban J connectivity index is 1.61. The lowest BCUT2D eigenvalue weighted by molar-refractivity contribution is 0.472. The topological polar surface area (TPSA) is 44.9 Å². The number of aromatic nitrogens is 1. The molecule has 3 heterocycles. The van der Waals surface area contributed by atoms with Crippen molar-refractivity contribution in [1.29, 1.82) is 0 Å². The molecule has 0 spiro atoms. The van der Waals surface area contributed by atoms with E-state index in [9.17, 15) is 10.2 Å². The van der Waals surface area contributed by atoms with Crippen LogP contribution < -0.4 is 0 Å². The van der Waals surface area contributed by atoms with E-state index in [2.05, 4.69) is 54.6 Å². The molecule has 4 heteroatoms. The third-order valence-electron chi connectivity index (χ3n) is 7.61. The van der Waals surface area contributed by atoms with Crippen LogP contribution in [0, 0.1) is 0 Å². The maximum absolute atomic E-state index is 10.2. The van der Waals surface area contributed by atoms with E-state index in [0.29, 0.717) is 11.5 Å². The quantitative estimate of drug-likeness (QED) is 0.250. The van der Waals surface area contributed by atoms with Crippen LogP contribution in [0.5, 0.6) is 11.5 Å². The summed E-state index contributed by atoms with van der Waals surface area (Å²) in [5, 5.41) is 27.6. The van der Waals surface area contributed by atoms with Crippen molar-refractivity contribution in [3.05, 3.63) is 78.0 Å². The summed E-state index contributed by atoms with van der Waals surface area (Å²) in [5.41, 5.74) is 6.07. The lowest BCUT2D eigenvalue weighted by Crippen LogP contribution is -2.17. The van der Waals surface area contributed by atoms with Gasteiger partial charge >= 0.3 is 0 Å². The van der Waals surface area contributed by atoms with Gasteiger partial charge in [0.05, 0.1) is 5.52 Å². The number of nitrogens with zero attached hydrogens (tertiary/aromatic N) is 1. The first-order chi connectivity index (χ1) is 15.9. The highest BCUT2D eigenvalue weighted by Gasteiger charge is 2.41. The highest BCUT2D eigenvalue weighted by Crippen LogP contribution is 2.56. The lowest BCUT2D eigenvalue weighted by Gasteiger charge is -2.21. The van der Waals surface area contributed by atoms with Gasteiger partial charge in [-0.25, -0.2) is 0 Å². The predicted octanol–water partition coefficient (Wildman–Crippen LogP) is 7.77. The van der Waals surface area contributed by atoms with E-state index in [1.807, 2.05) is 29.5 Å². The van der Waals surface area contributed by atoms with Gasteiger partial charge in [-0.05, 0) is 58.3 Å². The number of hydrogen-bond acceptors (Lipinski definition) is 3. The van der Waals surface area contributed by atoms with E-state index in [4.69, 9.17) is 0 Å². The first-order valence-corrected chi connectivity index (χ1v) is 12.0. The summed E-state index contributed by atoms with van der Waals surface area (Å²) in [4.78, 5) is 1.27. The molecule has 0 atom stereocenters. The summed E-state index contributed by atoms with van der Waals surface area (Å²) in [6, 6.07) is 22.5. The molecule has 2 N–H and O–H groups in total. The van der Waals surface area contributed by atoms with Gasteiger partial charge in [-0.1, -0.05) is 44.2 Å². The molecule has 3 nitrogen and oxygen atoms in total. The van der Waals surface area contributed by atoms with E-state index in [1.165, 1.54) is 59.0 Å². The van der Waals surface area contributed by atoms with Gasteiger partial charge in [0.15, 0.2) is 0 Å². The first-order valence-electron chi connectivity index (χ1n) is 11.2. The molecular weight excluding hydrogens is 426 g/mol. The lowest BCUT2D eigenvalue weighted by atomic mass is 9.85. The SMILES string of the molecule is CC1(C)c2cc(O)ccc2-c2c1n1c3sc4cc5cc(O)ccc5cc4c3c3cccc2c31. The third kappa shape index (κ3) is 1.94. The first kappa shape index (κ1) is 17.8. The molecule has 0 aliphatic heterocycles. The molecule has 0 radical (unpaired) electrons. The number of thiophene rings is 1. The van der Waals surface area contributed by atoms with Gasteiger partial charge in [-0.2, -0.15) is 0 Å². The van der Waals surface area contributed by atoms with Crippen LogP contribution in [0.3, 0.4) is 0 Å². The summed E-state index contributed by atoms with van der Waals surface area (Å²) < 4.78 is 3.72. The van der Waals surface area contributed by atoms with Gasteiger partial charge in [0.1, 0.15) is 16.3 Å². The van der Waals surface area contributed by atoms with Crippen LogP contribution >= 0.6 is 11.3 Å². The van der Waals surface area contributed by atoms with Crippen LogP contribution in [-0.2, 0) is 5.41 Å². The number of rotatable bonds is 0. The number of benzene rings is 4. The molecule has 0 saturated carbocycles. The summed E-state index contributed by atoms with van der Waals surface area (Å²) in [6.45, 7) is 4.53. The Bertz CT molecular complexity index is 1970. The van der Waals surface area contributed by atoms with Gasteiger partial charge in [0.25, 0.3) is 0 Å². The molecule has 0 bridgehead atoms. The normalized spacial score (nSPS) is 14.8. The van der Waals surface area contributed by atoms with Crippen LogP contribution in [0.2, 0.25) is 0 Å². The highest BCUT2D eigenvalue weighted by atomic mass is 32.1. The third-order valence-corrected chi connectivity index (χ3v) is 8.75. The fourth-order valence-corrected chi connectivity index (χ4v) is 7.49. The number of fused-ring (bicyclic) bond motifs is 11. The van der Waals surface area contributed by atoms with E-state index < -0.39 is 0 Å². The van der Waals surface area contributed by atoms with Gasteiger partial charge in [-0.15, -0.1) is 11.3 Å². The van der Waals surface area contributed by atoms with Crippen LogP contribution in [-0.4, -0.2) is 14.6 Å². The Morgan fingerprint density at radius 3 is 2.45 bits per heavy atom. The highest BCUT2D eigenvalue weighted by molar-refractivity contribution is 7.25. The number of aromatic hydroxyl groups is 2. The van der Waals surface area contributed by atoms with E-state index in [0.717, 1.165) is 10.8 Å². The largest absolute Gasteiger partial charge is 0.508 e. The van der Waals surface area contributed by atoms with Gasteiger partial charge in [0, 0.05) is 42.9 Å². The molecule has 4 aromatic carbocycles. The second-order valence-corrected chi connectivity index (χ2v) is 10.8. The molecule has 7 aromatic rings. The Morgan fingerprint density at radius 1 is 0.788 bits per heavy atom. The summed E-state index contributed by atoms with van der Waals surface area (Å²) in [5.74, 6) is 0.611. The zero-order valence-electron chi connectivity index (χ0n) is 18.1. The molecule has 0 saturated heterocycles. The molecule has 1 aliphatic rings. The maximum atomic E-state index is 10.2. The number of hydrogen-bond donors (Lipinski definition) is 2. The standard InChI is InChI=1S/C29H19NO2S/c1-29(2)22-13-17(32)8-9-18(22)24-19-4-3-5-20-25-21-11-14-6-7-16(31)10-15(14)12-23(21)33-28(25)30(26(19)20)27(24)29/h3-13,31-32H,1-2H3. The molecule has 33 heavy (non-hydrogen) atoms. The van der Waals surface area contributed by atoms with E-state index in [1.54, 1.807) is 12.1 Å². The van der Waals surface area contributed by atoms with Crippen molar-refractivity contribution in [3.8, 4) is 22.6 Å². The smallest absolute Gasteiger partial charge is 0.116 e. The van der Waals surface area contributed by atoms with Crippen molar-refractivity contribution in [2.75, 3.05) is 0 Å². The van der Waals surface area contributed by atoms with Gasteiger partial charge in [0.2, 0.25) is 0 Å². The minimum Gasteiger partial charge on any atom is -0.508 e. The summed E-state index contributed by atoms with van der Waals surface area (Å²) in [6.07, 6.45) is 0.